The Hall–Kier alpha value is -3.21. The minimum absolute atomic E-state index is 0.210. The fourth-order valence-electron chi connectivity index (χ4n) is 2.64. The van der Waals surface area contributed by atoms with E-state index in [1.165, 1.54) is 11.1 Å². The van der Waals surface area contributed by atoms with Gasteiger partial charge in [0.05, 0.1) is 0 Å². The Labute approximate surface area is 153 Å². The van der Waals surface area contributed by atoms with Gasteiger partial charge in [-0.25, -0.2) is 9.97 Å². The van der Waals surface area contributed by atoms with E-state index < -0.39 is 0 Å². The molecule has 1 aromatic heterocycles. The minimum atomic E-state index is -0.210. The van der Waals surface area contributed by atoms with E-state index in [2.05, 4.69) is 39.7 Å². The normalized spacial score (nSPS) is 10.4. The van der Waals surface area contributed by atoms with Crippen LogP contribution in [-0.2, 0) is 13.1 Å². The lowest BCUT2D eigenvalue weighted by molar-refractivity contribution is 0.0945. The summed E-state index contributed by atoms with van der Waals surface area (Å²) in [6.07, 6.45) is 0. The van der Waals surface area contributed by atoms with Crippen molar-refractivity contribution in [3.05, 3.63) is 88.9 Å². The SMILES string of the molecule is Cc1nc(NCc2ccccc2C)cc(C(=O)NCc2ccccc2)n1. The van der Waals surface area contributed by atoms with Crippen molar-refractivity contribution < 1.29 is 4.79 Å². The molecule has 0 atom stereocenters. The van der Waals surface area contributed by atoms with E-state index in [0.29, 0.717) is 30.4 Å². The monoisotopic (exact) mass is 346 g/mol. The molecule has 1 amide bonds. The summed E-state index contributed by atoms with van der Waals surface area (Å²) in [5.41, 5.74) is 3.82. The molecule has 2 aromatic carbocycles. The van der Waals surface area contributed by atoms with Crippen LogP contribution in [0.1, 0.15) is 33.0 Å². The van der Waals surface area contributed by atoms with Gasteiger partial charge in [0, 0.05) is 19.2 Å². The number of benzene rings is 2. The van der Waals surface area contributed by atoms with Crippen molar-refractivity contribution in [1.82, 2.24) is 15.3 Å². The molecule has 0 saturated heterocycles. The summed E-state index contributed by atoms with van der Waals surface area (Å²) in [5, 5.41) is 6.18. The Bertz CT molecular complexity index is 894. The summed E-state index contributed by atoms with van der Waals surface area (Å²) >= 11 is 0. The molecule has 0 fully saturated rings. The highest BCUT2D eigenvalue weighted by atomic mass is 16.1. The van der Waals surface area contributed by atoms with Crippen LogP contribution in [0, 0.1) is 13.8 Å². The second kappa shape index (κ2) is 8.25. The van der Waals surface area contributed by atoms with E-state index >= 15 is 0 Å². The number of aryl methyl sites for hydroxylation is 2. The van der Waals surface area contributed by atoms with Crippen molar-refractivity contribution in [3.8, 4) is 0 Å². The molecule has 0 aliphatic rings. The van der Waals surface area contributed by atoms with Gasteiger partial charge >= 0.3 is 0 Å². The van der Waals surface area contributed by atoms with Crippen LogP contribution in [0.4, 0.5) is 5.82 Å². The maximum absolute atomic E-state index is 12.4. The first kappa shape index (κ1) is 17.6. The summed E-state index contributed by atoms with van der Waals surface area (Å²) < 4.78 is 0. The zero-order chi connectivity index (χ0) is 18.4. The summed E-state index contributed by atoms with van der Waals surface area (Å²) in [6.45, 7) is 4.97. The number of nitrogens with one attached hydrogen (secondary N) is 2. The number of carbonyl (C=O) groups excluding carboxylic acids is 1. The van der Waals surface area contributed by atoms with Gasteiger partial charge in [-0.3, -0.25) is 4.79 Å². The number of aromatic nitrogens is 2. The molecule has 26 heavy (non-hydrogen) atoms. The van der Waals surface area contributed by atoms with Gasteiger partial charge in [-0.1, -0.05) is 54.6 Å². The average Bonchev–Trinajstić information content (AvgIpc) is 2.66. The van der Waals surface area contributed by atoms with Gasteiger partial charge in [0.15, 0.2) is 0 Å². The molecule has 0 aliphatic carbocycles. The van der Waals surface area contributed by atoms with E-state index in [9.17, 15) is 4.79 Å². The predicted molar refractivity (Wildman–Crippen MR) is 103 cm³/mol. The van der Waals surface area contributed by atoms with Crippen molar-refractivity contribution in [3.63, 3.8) is 0 Å². The zero-order valence-corrected chi connectivity index (χ0v) is 15.0. The molecule has 0 radical (unpaired) electrons. The number of carbonyl (C=O) groups is 1. The first-order valence-electron chi connectivity index (χ1n) is 8.58. The van der Waals surface area contributed by atoms with Gasteiger partial charge < -0.3 is 10.6 Å². The van der Waals surface area contributed by atoms with Gasteiger partial charge in [-0.05, 0) is 30.5 Å². The lowest BCUT2D eigenvalue weighted by atomic mass is 10.1. The summed E-state index contributed by atoms with van der Waals surface area (Å²) in [4.78, 5) is 21.1. The Morgan fingerprint density at radius 2 is 1.65 bits per heavy atom. The molecular weight excluding hydrogens is 324 g/mol. The quantitative estimate of drug-likeness (QED) is 0.715. The van der Waals surface area contributed by atoms with Crippen LogP contribution < -0.4 is 10.6 Å². The molecular formula is C21H22N4O. The third kappa shape index (κ3) is 4.66. The van der Waals surface area contributed by atoms with Gasteiger partial charge in [0.1, 0.15) is 17.3 Å². The molecule has 2 N–H and O–H groups in total. The van der Waals surface area contributed by atoms with E-state index in [4.69, 9.17) is 0 Å². The first-order chi connectivity index (χ1) is 12.6. The Morgan fingerprint density at radius 1 is 0.923 bits per heavy atom. The van der Waals surface area contributed by atoms with Crippen LogP contribution in [0.25, 0.3) is 0 Å². The standard InChI is InChI=1S/C21H22N4O/c1-15-8-6-7-11-18(15)14-22-20-12-19(24-16(2)25-20)21(26)23-13-17-9-4-3-5-10-17/h3-12H,13-14H2,1-2H3,(H,23,26)(H,22,24,25). The maximum atomic E-state index is 12.4. The fourth-order valence-corrected chi connectivity index (χ4v) is 2.64. The van der Waals surface area contributed by atoms with Crippen molar-refractivity contribution in [2.24, 2.45) is 0 Å². The van der Waals surface area contributed by atoms with Crippen LogP contribution in [-0.4, -0.2) is 15.9 Å². The predicted octanol–water partition coefficient (Wildman–Crippen LogP) is 3.64. The average molecular weight is 346 g/mol. The molecule has 5 heteroatoms. The van der Waals surface area contributed by atoms with Crippen molar-refractivity contribution >= 4 is 11.7 Å². The Morgan fingerprint density at radius 3 is 2.42 bits per heavy atom. The summed E-state index contributed by atoms with van der Waals surface area (Å²) in [5.74, 6) is 0.994. The second-order valence-corrected chi connectivity index (χ2v) is 6.13. The number of amides is 1. The highest BCUT2D eigenvalue weighted by Gasteiger charge is 2.10. The topological polar surface area (TPSA) is 66.9 Å². The maximum Gasteiger partial charge on any atom is 0.270 e. The molecule has 0 bridgehead atoms. The summed E-state index contributed by atoms with van der Waals surface area (Å²) in [7, 11) is 0. The van der Waals surface area contributed by atoms with Crippen molar-refractivity contribution in [2.75, 3.05) is 5.32 Å². The highest BCUT2D eigenvalue weighted by Crippen LogP contribution is 2.12. The van der Waals surface area contributed by atoms with E-state index in [1.54, 1.807) is 13.0 Å². The lowest BCUT2D eigenvalue weighted by Gasteiger charge is -2.10. The molecule has 0 spiro atoms. The minimum Gasteiger partial charge on any atom is -0.366 e. The smallest absolute Gasteiger partial charge is 0.270 e. The Kier molecular flexibility index (Phi) is 5.59. The van der Waals surface area contributed by atoms with Crippen LogP contribution in [0.3, 0.4) is 0 Å². The van der Waals surface area contributed by atoms with Gasteiger partial charge in [0.25, 0.3) is 5.91 Å². The summed E-state index contributed by atoms with van der Waals surface area (Å²) in [6, 6.07) is 19.7. The molecule has 0 aliphatic heterocycles. The number of anilines is 1. The molecule has 0 saturated carbocycles. The third-order valence-electron chi connectivity index (χ3n) is 4.09. The fraction of sp³-hybridized carbons (Fsp3) is 0.190. The first-order valence-corrected chi connectivity index (χ1v) is 8.58. The highest BCUT2D eigenvalue weighted by molar-refractivity contribution is 5.92. The van der Waals surface area contributed by atoms with E-state index in [0.717, 1.165) is 5.56 Å². The number of hydrogen-bond donors (Lipinski definition) is 2. The van der Waals surface area contributed by atoms with Gasteiger partial charge in [-0.15, -0.1) is 0 Å². The van der Waals surface area contributed by atoms with Gasteiger partial charge in [-0.2, -0.15) is 0 Å². The Balaban J connectivity index is 1.67. The molecule has 5 nitrogen and oxygen atoms in total. The molecule has 1 heterocycles. The third-order valence-corrected chi connectivity index (χ3v) is 4.09. The van der Waals surface area contributed by atoms with Gasteiger partial charge in [0.2, 0.25) is 0 Å². The van der Waals surface area contributed by atoms with Crippen LogP contribution in [0.15, 0.2) is 60.7 Å². The molecule has 3 rings (SSSR count). The largest absolute Gasteiger partial charge is 0.366 e. The molecule has 3 aromatic rings. The van der Waals surface area contributed by atoms with Crippen molar-refractivity contribution in [1.29, 1.82) is 0 Å². The number of nitrogens with zero attached hydrogens (tertiary/aromatic N) is 2. The lowest BCUT2D eigenvalue weighted by Crippen LogP contribution is -2.24. The van der Waals surface area contributed by atoms with Crippen molar-refractivity contribution in [2.45, 2.75) is 26.9 Å². The van der Waals surface area contributed by atoms with E-state index in [-0.39, 0.29) is 5.91 Å². The molecule has 0 unspecified atom stereocenters. The molecule has 132 valence electrons. The number of rotatable bonds is 6. The second-order valence-electron chi connectivity index (χ2n) is 6.13. The van der Waals surface area contributed by atoms with E-state index in [1.807, 2.05) is 42.5 Å². The van der Waals surface area contributed by atoms with Crippen LogP contribution >= 0.6 is 0 Å². The zero-order valence-electron chi connectivity index (χ0n) is 15.0. The van der Waals surface area contributed by atoms with Crippen LogP contribution in [0.5, 0.6) is 0 Å². The van der Waals surface area contributed by atoms with Crippen LogP contribution in [0.2, 0.25) is 0 Å². The number of hydrogen-bond acceptors (Lipinski definition) is 4.